The number of nitrogens with zero attached hydrogens (tertiary/aromatic N) is 5. The number of benzene rings is 3. The van der Waals surface area contributed by atoms with Crippen LogP contribution in [-0.2, 0) is 24.9 Å². The minimum atomic E-state index is -1.34. The van der Waals surface area contributed by atoms with Crippen molar-refractivity contribution in [2.45, 2.75) is 85.9 Å². The Kier molecular flexibility index (Phi) is 11.2. The number of amides is 1. The van der Waals surface area contributed by atoms with Crippen LogP contribution in [0.1, 0.15) is 68.4 Å². The van der Waals surface area contributed by atoms with Gasteiger partial charge in [-0.25, -0.2) is 4.79 Å². The summed E-state index contributed by atoms with van der Waals surface area (Å²) in [6.07, 6.45) is 1.22. The molecule has 4 heterocycles. The van der Waals surface area contributed by atoms with Crippen molar-refractivity contribution in [3.05, 3.63) is 98.0 Å². The number of ether oxygens (including phenoxy) is 2. The Morgan fingerprint density at radius 1 is 0.982 bits per heavy atom. The van der Waals surface area contributed by atoms with Gasteiger partial charge in [0.1, 0.15) is 23.9 Å². The van der Waals surface area contributed by atoms with E-state index in [0.717, 1.165) is 66.9 Å². The third kappa shape index (κ3) is 7.51. The fourth-order valence-electron chi connectivity index (χ4n) is 8.29. The molecule has 7 rings (SSSR count). The van der Waals surface area contributed by atoms with Crippen LogP contribution in [-0.4, -0.2) is 63.7 Å². The number of carbonyl (C=O) groups is 2. The standard InChI is InChI=1S/C44H51Cl2N5O5Si/c1-25-20-30(21-26(2)40(25)46)56-17-11-12-31-32-15-16-34(45)39(38-28(4)47-48(6)29(38)5)41(32)51-27(3)23-49(43(52)42(31)51)35-13-10-14-36-33(35)22-37(44(53)54)50(36)24-55-18-19-57(7,8)9/h10,13-16,20-22,27H,11-12,17-19,23-24H2,1-9H3,(H,53,54). The second-order valence-corrected chi connectivity index (χ2v) is 23.0. The van der Waals surface area contributed by atoms with Gasteiger partial charge in [0.2, 0.25) is 0 Å². The lowest BCUT2D eigenvalue weighted by Gasteiger charge is -2.34. The summed E-state index contributed by atoms with van der Waals surface area (Å²) in [5, 5.41) is 18.0. The molecule has 1 atom stereocenters. The Morgan fingerprint density at radius 3 is 2.35 bits per heavy atom. The highest BCUT2D eigenvalue weighted by Gasteiger charge is 2.37. The molecule has 1 N–H and O–H groups in total. The predicted octanol–water partition coefficient (Wildman–Crippen LogP) is 10.8. The molecule has 300 valence electrons. The Labute approximate surface area is 344 Å². The number of carbonyl (C=O) groups excluding carboxylic acids is 1. The third-order valence-electron chi connectivity index (χ3n) is 11.2. The lowest BCUT2D eigenvalue weighted by molar-refractivity contribution is 0.0630. The number of carboxylic acids is 1. The predicted molar refractivity (Wildman–Crippen MR) is 233 cm³/mol. The molecule has 1 aliphatic rings. The van der Waals surface area contributed by atoms with E-state index in [-0.39, 0.29) is 24.4 Å². The molecule has 3 aromatic carbocycles. The van der Waals surface area contributed by atoms with Crippen LogP contribution in [0.4, 0.5) is 5.69 Å². The van der Waals surface area contributed by atoms with Gasteiger partial charge in [-0.2, -0.15) is 5.10 Å². The number of rotatable bonds is 13. The van der Waals surface area contributed by atoms with E-state index in [2.05, 4.69) is 31.1 Å². The molecular weight excluding hydrogens is 778 g/mol. The van der Waals surface area contributed by atoms with Crippen molar-refractivity contribution in [2.75, 3.05) is 24.7 Å². The molecule has 0 bridgehead atoms. The van der Waals surface area contributed by atoms with Gasteiger partial charge in [-0.05, 0) is 107 Å². The van der Waals surface area contributed by atoms with Crippen molar-refractivity contribution in [3.8, 4) is 16.9 Å². The molecular formula is C44H51Cl2N5O5Si. The van der Waals surface area contributed by atoms with Gasteiger partial charge in [0.05, 0.1) is 34.0 Å². The van der Waals surface area contributed by atoms with Crippen LogP contribution in [0, 0.1) is 27.7 Å². The Morgan fingerprint density at radius 2 is 1.70 bits per heavy atom. The fraction of sp³-hybridized carbons (Fsp3) is 0.386. The topological polar surface area (TPSA) is 104 Å². The smallest absolute Gasteiger partial charge is 0.352 e. The minimum absolute atomic E-state index is 0.107. The lowest BCUT2D eigenvalue weighted by atomic mass is 9.98. The first kappa shape index (κ1) is 40.6. The molecule has 10 nitrogen and oxygen atoms in total. The molecule has 1 unspecified atom stereocenters. The summed E-state index contributed by atoms with van der Waals surface area (Å²) in [6.45, 7) is 18.4. The average Bonchev–Trinajstić information content (AvgIpc) is 3.77. The van der Waals surface area contributed by atoms with Crippen molar-refractivity contribution in [2.24, 2.45) is 7.05 Å². The number of fused-ring (bicyclic) bond motifs is 4. The van der Waals surface area contributed by atoms with Crippen molar-refractivity contribution >= 4 is 70.6 Å². The third-order valence-corrected chi connectivity index (χ3v) is 13.8. The first-order chi connectivity index (χ1) is 27.0. The summed E-state index contributed by atoms with van der Waals surface area (Å²) < 4.78 is 18.0. The largest absolute Gasteiger partial charge is 0.494 e. The van der Waals surface area contributed by atoms with Crippen LogP contribution in [0.25, 0.3) is 32.9 Å². The zero-order chi connectivity index (χ0) is 41.1. The van der Waals surface area contributed by atoms with E-state index < -0.39 is 14.0 Å². The van der Waals surface area contributed by atoms with Crippen LogP contribution >= 0.6 is 23.2 Å². The first-order valence-electron chi connectivity index (χ1n) is 19.5. The Hall–Kier alpha value is -4.55. The number of anilines is 1. The molecule has 1 amide bonds. The van der Waals surface area contributed by atoms with Gasteiger partial charge in [0.25, 0.3) is 5.91 Å². The summed E-state index contributed by atoms with van der Waals surface area (Å²) >= 11 is 13.6. The van der Waals surface area contributed by atoms with E-state index in [1.807, 2.05) is 86.8 Å². The number of aromatic nitrogens is 4. The van der Waals surface area contributed by atoms with Crippen LogP contribution in [0.3, 0.4) is 0 Å². The number of hydrogen-bond acceptors (Lipinski definition) is 5. The van der Waals surface area contributed by atoms with Gasteiger partial charge in [-0.15, -0.1) is 0 Å². The summed E-state index contributed by atoms with van der Waals surface area (Å²) in [7, 11) is 0.583. The maximum Gasteiger partial charge on any atom is 0.352 e. The highest BCUT2D eigenvalue weighted by molar-refractivity contribution is 6.76. The summed E-state index contributed by atoms with van der Waals surface area (Å²) in [5.74, 6) is -0.453. The highest BCUT2D eigenvalue weighted by Crippen LogP contribution is 2.46. The van der Waals surface area contributed by atoms with E-state index in [1.54, 1.807) is 10.6 Å². The van der Waals surface area contributed by atoms with Gasteiger partial charge in [-0.1, -0.05) is 55.0 Å². The first-order valence-corrected chi connectivity index (χ1v) is 23.9. The molecule has 0 saturated carbocycles. The number of aryl methyl sites for hydroxylation is 5. The fourth-order valence-corrected chi connectivity index (χ4v) is 9.40. The van der Waals surface area contributed by atoms with Crippen molar-refractivity contribution in [1.82, 2.24) is 18.9 Å². The normalized spacial score (nSPS) is 14.6. The zero-order valence-electron chi connectivity index (χ0n) is 34.2. The van der Waals surface area contributed by atoms with Crippen LogP contribution < -0.4 is 9.64 Å². The second-order valence-electron chi connectivity index (χ2n) is 16.6. The Balaban J connectivity index is 1.33. The van der Waals surface area contributed by atoms with Gasteiger partial charge < -0.3 is 28.6 Å². The van der Waals surface area contributed by atoms with E-state index >= 15 is 4.79 Å². The van der Waals surface area contributed by atoms with Crippen molar-refractivity contribution in [1.29, 1.82) is 0 Å². The summed E-state index contributed by atoms with van der Waals surface area (Å²) in [5.41, 5.74) is 9.46. The molecule has 13 heteroatoms. The molecule has 0 radical (unpaired) electrons. The molecule has 1 aliphatic heterocycles. The maximum absolute atomic E-state index is 15.2. The van der Waals surface area contributed by atoms with Crippen LogP contribution in [0.15, 0.2) is 48.5 Å². The molecule has 6 aromatic rings. The van der Waals surface area contributed by atoms with E-state index in [0.29, 0.717) is 59.9 Å². The number of halogens is 2. The SMILES string of the molecule is Cc1cc(OCCCc2c3n(c4c(-c5c(C)nn(C)c5C)c(Cl)ccc24)C(C)CN(c2cccc4c2cc(C(=O)O)n4COCC[Si](C)(C)C)C3=O)cc(C)c1Cl. The van der Waals surface area contributed by atoms with Gasteiger partial charge >= 0.3 is 5.97 Å². The summed E-state index contributed by atoms with van der Waals surface area (Å²) in [4.78, 5) is 29.6. The van der Waals surface area contributed by atoms with Crippen molar-refractivity contribution < 1.29 is 24.2 Å². The highest BCUT2D eigenvalue weighted by atomic mass is 35.5. The lowest BCUT2D eigenvalue weighted by Crippen LogP contribution is -2.42. The average molecular weight is 829 g/mol. The molecule has 3 aromatic heterocycles. The number of aromatic carboxylic acids is 1. The molecule has 0 saturated heterocycles. The van der Waals surface area contributed by atoms with E-state index in [9.17, 15) is 9.90 Å². The molecule has 0 spiro atoms. The molecule has 57 heavy (non-hydrogen) atoms. The minimum Gasteiger partial charge on any atom is -0.494 e. The van der Waals surface area contributed by atoms with E-state index in [4.69, 9.17) is 37.8 Å². The molecule has 0 aliphatic carbocycles. The van der Waals surface area contributed by atoms with Gasteiger partial charge in [0, 0.05) is 66.9 Å². The second kappa shape index (κ2) is 15.7. The zero-order valence-corrected chi connectivity index (χ0v) is 36.7. The quantitative estimate of drug-likeness (QED) is 0.0918. The summed E-state index contributed by atoms with van der Waals surface area (Å²) in [6, 6.07) is 16.0. The van der Waals surface area contributed by atoms with Gasteiger partial charge in [-0.3, -0.25) is 9.48 Å². The number of carboxylic acid groups (broad SMARTS) is 1. The molecule has 0 fully saturated rings. The van der Waals surface area contributed by atoms with Gasteiger partial charge in [0.15, 0.2) is 0 Å². The van der Waals surface area contributed by atoms with Crippen LogP contribution in [0.5, 0.6) is 5.75 Å². The number of hydrogen-bond donors (Lipinski definition) is 1. The van der Waals surface area contributed by atoms with E-state index in [1.165, 1.54) is 0 Å². The van der Waals surface area contributed by atoms with Crippen LogP contribution in [0.2, 0.25) is 35.7 Å². The van der Waals surface area contributed by atoms with Crippen molar-refractivity contribution in [3.63, 3.8) is 0 Å². The maximum atomic E-state index is 15.2. The Bertz CT molecular complexity index is 2540. The monoisotopic (exact) mass is 827 g/mol.